The third-order valence-electron chi connectivity index (χ3n) is 3.63. The Hall–Kier alpha value is -1.48. The molecule has 0 fully saturated rings. The van der Waals surface area contributed by atoms with E-state index in [0.717, 1.165) is 28.4 Å². The van der Waals surface area contributed by atoms with Crippen molar-refractivity contribution in [3.63, 3.8) is 0 Å². The highest BCUT2D eigenvalue weighted by atomic mass is 35.5. The number of rotatable bonds is 4. The summed E-state index contributed by atoms with van der Waals surface area (Å²) in [7, 11) is 0. The molecule has 1 heterocycles. The van der Waals surface area contributed by atoms with Gasteiger partial charge in [0.05, 0.1) is 10.4 Å². The summed E-state index contributed by atoms with van der Waals surface area (Å²) >= 11 is 12.3. The van der Waals surface area contributed by atoms with Crippen molar-refractivity contribution in [2.75, 3.05) is 0 Å². The second kappa shape index (κ2) is 7.64. The van der Waals surface area contributed by atoms with E-state index in [1.807, 2.05) is 0 Å². The minimum atomic E-state index is -1.68. The molecule has 1 atom stereocenters. The van der Waals surface area contributed by atoms with Crippen molar-refractivity contribution < 1.29 is 23.8 Å². The number of carbonyl (C=O) groups is 1. The summed E-state index contributed by atoms with van der Waals surface area (Å²) in [6, 6.07) is 1.97. The van der Waals surface area contributed by atoms with Crippen molar-refractivity contribution in [2.24, 2.45) is 0 Å². The first-order valence-electron chi connectivity index (χ1n) is 7.40. The van der Waals surface area contributed by atoms with Gasteiger partial charge < -0.3 is 10.2 Å². The van der Waals surface area contributed by atoms with Gasteiger partial charge in [-0.3, -0.25) is 4.90 Å². The Morgan fingerprint density at radius 2 is 1.85 bits per heavy atom. The lowest BCUT2D eigenvalue weighted by atomic mass is 10.0. The number of aromatic nitrogens is 1. The van der Waals surface area contributed by atoms with Crippen LogP contribution in [-0.2, 0) is 6.54 Å². The zero-order valence-corrected chi connectivity index (χ0v) is 16.4. The van der Waals surface area contributed by atoms with Crippen molar-refractivity contribution >= 4 is 40.6 Å². The molecule has 1 aromatic carbocycles. The van der Waals surface area contributed by atoms with E-state index in [-0.39, 0.29) is 26.6 Å². The summed E-state index contributed by atoms with van der Waals surface area (Å²) < 4.78 is 29.0. The van der Waals surface area contributed by atoms with Crippen LogP contribution in [0.5, 0.6) is 0 Å². The number of benzene rings is 1. The minimum absolute atomic E-state index is 0.0177. The van der Waals surface area contributed by atoms with Gasteiger partial charge in [-0.2, -0.15) is 0 Å². The smallest absolute Gasteiger partial charge is 0.408 e. The average molecular weight is 425 g/mol. The van der Waals surface area contributed by atoms with Crippen molar-refractivity contribution in [2.45, 2.75) is 39.0 Å². The van der Waals surface area contributed by atoms with Gasteiger partial charge in [0.2, 0.25) is 0 Å². The number of amides is 1. The average Bonchev–Trinajstić information content (AvgIpc) is 2.81. The van der Waals surface area contributed by atoms with Gasteiger partial charge in [-0.15, -0.1) is 11.3 Å². The van der Waals surface area contributed by atoms with Crippen LogP contribution in [0.15, 0.2) is 12.1 Å². The van der Waals surface area contributed by atoms with Gasteiger partial charge in [-0.25, -0.2) is 18.6 Å². The van der Waals surface area contributed by atoms with Crippen LogP contribution < -0.4 is 0 Å². The SMILES string of the molecule is CC(C)(C)N(Cc1cc(F)c(C(O)c2sc(Cl)nc2Cl)c(F)c1)C(=O)O. The molecule has 1 unspecified atom stereocenters. The number of thiazole rings is 1. The highest BCUT2D eigenvalue weighted by Crippen LogP contribution is 2.37. The standard InChI is InChI=1S/C16H16Cl2F2N2O3S/c1-16(2,3)22(15(24)25)6-7-4-8(19)10(9(20)5-7)11(23)12-13(17)21-14(18)26-12/h4-5,11,23H,6H2,1-3H3,(H,24,25). The molecule has 0 spiro atoms. The molecule has 1 aromatic heterocycles. The lowest BCUT2D eigenvalue weighted by molar-refractivity contribution is 0.0953. The third kappa shape index (κ3) is 4.43. The van der Waals surface area contributed by atoms with Gasteiger partial charge in [0.1, 0.15) is 22.9 Å². The number of nitrogens with zero attached hydrogens (tertiary/aromatic N) is 2. The zero-order chi connectivity index (χ0) is 19.8. The van der Waals surface area contributed by atoms with E-state index in [1.165, 1.54) is 0 Å². The predicted octanol–water partition coefficient (Wildman–Crippen LogP) is 5.09. The maximum absolute atomic E-state index is 14.5. The quantitative estimate of drug-likeness (QED) is 0.716. The normalized spacial score (nSPS) is 12.9. The van der Waals surface area contributed by atoms with Crippen molar-refractivity contribution in [3.05, 3.63) is 49.4 Å². The fourth-order valence-corrected chi connectivity index (χ4v) is 3.76. The van der Waals surface area contributed by atoms with Crippen LogP contribution in [0, 0.1) is 11.6 Å². The van der Waals surface area contributed by atoms with Gasteiger partial charge >= 0.3 is 6.09 Å². The van der Waals surface area contributed by atoms with E-state index in [4.69, 9.17) is 23.2 Å². The number of aliphatic hydroxyl groups excluding tert-OH is 1. The Bertz CT molecular complexity index is 816. The van der Waals surface area contributed by atoms with Crippen LogP contribution in [0.25, 0.3) is 0 Å². The first-order chi connectivity index (χ1) is 11.9. The molecule has 2 N–H and O–H groups in total. The second-order valence-corrected chi connectivity index (χ2v) is 8.51. The minimum Gasteiger partial charge on any atom is -0.465 e. The highest BCUT2D eigenvalue weighted by Gasteiger charge is 2.29. The molecular weight excluding hydrogens is 409 g/mol. The molecule has 0 aliphatic rings. The summed E-state index contributed by atoms with van der Waals surface area (Å²) in [4.78, 5) is 16.1. The van der Waals surface area contributed by atoms with Gasteiger partial charge in [0.15, 0.2) is 4.47 Å². The van der Waals surface area contributed by atoms with Crippen LogP contribution in [0.4, 0.5) is 13.6 Å². The molecule has 10 heteroatoms. The molecule has 0 aliphatic carbocycles. The Kier molecular flexibility index (Phi) is 6.12. The number of hydrogen-bond donors (Lipinski definition) is 2. The lowest BCUT2D eigenvalue weighted by Crippen LogP contribution is -2.44. The molecule has 2 aromatic rings. The van der Waals surface area contributed by atoms with Crippen LogP contribution in [0.3, 0.4) is 0 Å². The molecular formula is C16H16Cl2F2N2O3S. The van der Waals surface area contributed by atoms with E-state index in [1.54, 1.807) is 20.8 Å². The fraction of sp³-hybridized carbons (Fsp3) is 0.375. The van der Waals surface area contributed by atoms with Crippen LogP contribution >= 0.6 is 34.5 Å². The molecule has 0 aliphatic heterocycles. The highest BCUT2D eigenvalue weighted by molar-refractivity contribution is 7.16. The van der Waals surface area contributed by atoms with Crippen molar-refractivity contribution in [3.8, 4) is 0 Å². The monoisotopic (exact) mass is 424 g/mol. The first-order valence-corrected chi connectivity index (χ1v) is 8.97. The zero-order valence-electron chi connectivity index (χ0n) is 14.1. The van der Waals surface area contributed by atoms with Gasteiger partial charge in [-0.05, 0) is 38.5 Å². The third-order valence-corrected chi connectivity index (χ3v) is 5.24. The van der Waals surface area contributed by atoms with E-state index < -0.39 is 34.9 Å². The molecule has 26 heavy (non-hydrogen) atoms. The molecule has 0 bridgehead atoms. The Balaban J connectivity index is 2.39. The van der Waals surface area contributed by atoms with Crippen molar-refractivity contribution in [1.29, 1.82) is 0 Å². The number of aliphatic hydroxyl groups is 1. The number of carboxylic acid groups (broad SMARTS) is 1. The lowest BCUT2D eigenvalue weighted by Gasteiger charge is -2.33. The maximum atomic E-state index is 14.5. The van der Waals surface area contributed by atoms with E-state index in [9.17, 15) is 23.8 Å². The summed E-state index contributed by atoms with van der Waals surface area (Å²) in [6.07, 6.45) is -2.90. The molecule has 5 nitrogen and oxygen atoms in total. The van der Waals surface area contributed by atoms with Crippen LogP contribution in [-0.4, -0.2) is 31.7 Å². The Morgan fingerprint density at radius 3 is 2.23 bits per heavy atom. The van der Waals surface area contributed by atoms with Crippen molar-refractivity contribution in [1.82, 2.24) is 9.88 Å². The second-order valence-electron chi connectivity index (χ2n) is 6.54. The molecule has 0 radical (unpaired) electrons. The number of hydrogen-bond acceptors (Lipinski definition) is 4. The van der Waals surface area contributed by atoms with E-state index in [0.29, 0.717) is 0 Å². The topological polar surface area (TPSA) is 73.7 Å². The van der Waals surface area contributed by atoms with E-state index in [2.05, 4.69) is 4.98 Å². The van der Waals surface area contributed by atoms with Gasteiger partial charge in [-0.1, -0.05) is 23.2 Å². The summed E-state index contributed by atoms with van der Waals surface area (Å²) in [5.74, 6) is -2.04. The number of halogens is 4. The summed E-state index contributed by atoms with van der Waals surface area (Å²) in [5.41, 5.74) is -1.25. The Morgan fingerprint density at radius 1 is 1.31 bits per heavy atom. The molecule has 0 saturated heterocycles. The summed E-state index contributed by atoms with van der Waals surface area (Å²) in [6.45, 7) is 4.79. The predicted molar refractivity (Wildman–Crippen MR) is 95.9 cm³/mol. The summed E-state index contributed by atoms with van der Waals surface area (Å²) in [5, 5.41) is 19.4. The fourth-order valence-electron chi connectivity index (χ4n) is 2.35. The maximum Gasteiger partial charge on any atom is 0.408 e. The first kappa shape index (κ1) is 20.8. The van der Waals surface area contributed by atoms with Gasteiger partial charge in [0, 0.05) is 12.1 Å². The van der Waals surface area contributed by atoms with Gasteiger partial charge in [0.25, 0.3) is 0 Å². The van der Waals surface area contributed by atoms with E-state index >= 15 is 0 Å². The molecule has 2 rings (SSSR count). The largest absolute Gasteiger partial charge is 0.465 e. The molecule has 142 valence electrons. The van der Waals surface area contributed by atoms with Crippen LogP contribution in [0.2, 0.25) is 9.62 Å². The molecule has 0 saturated carbocycles. The van der Waals surface area contributed by atoms with Crippen LogP contribution in [0.1, 0.15) is 42.9 Å². The Labute approximate surface area is 162 Å². The molecule has 1 amide bonds.